The van der Waals surface area contributed by atoms with E-state index < -0.39 is 0 Å². The molecule has 1 N–H and O–H groups in total. The monoisotopic (exact) mass is 259 g/mol. The fourth-order valence-electron chi connectivity index (χ4n) is 2.15. The molecule has 0 aromatic carbocycles. The Morgan fingerprint density at radius 2 is 2.11 bits per heavy atom. The zero-order chi connectivity index (χ0) is 13.8. The Morgan fingerprint density at radius 1 is 1.32 bits per heavy atom. The summed E-state index contributed by atoms with van der Waals surface area (Å²) in [7, 11) is 0. The highest BCUT2D eigenvalue weighted by molar-refractivity contribution is 5.31. The first-order valence-electron chi connectivity index (χ1n) is 6.64. The molecule has 2 heterocycles. The Kier molecular flexibility index (Phi) is 4.27. The van der Waals surface area contributed by atoms with Crippen LogP contribution in [0.2, 0.25) is 0 Å². The predicted octanol–water partition coefficient (Wildman–Crippen LogP) is 1.82. The van der Waals surface area contributed by atoms with E-state index in [-0.39, 0.29) is 0 Å². The van der Waals surface area contributed by atoms with Crippen molar-refractivity contribution in [2.75, 3.05) is 6.54 Å². The molecular weight excluding hydrogens is 238 g/mol. The Morgan fingerprint density at radius 3 is 2.74 bits per heavy atom. The number of nitrogens with zero attached hydrogens (tertiary/aromatic N) is 4. The van der Waals surface area contributed by atoms with Crippen LogP contribution in [0.1, 0.15) is 30.8 Å². The number of aryl methyl sites for hydroxylation is 1. The third-order valence-corrected chi connectivity index (χ3v) is 3.15. The summed E-state index contributed by atoms with van der Waals surface area (Å²) in [6.45, 7) is 9.42. The van der Waals surface area contributed by atoms with Gasteiger partial charge in [-0.05, 0) is 32.4 Å². The Hall–Kier alpha value is -1.75. The molecule has 0 fully saturated rings. The summed E-state index contributed by atoms with van der Waals surface area (Å²) >= 11 is 0. The molecule has 2 aromatic heterocycles. The standard InChI is InChI=1S/C14H21N5/c1-10(2)16-8-5-13-11(3)18-19(12(13)4)14-6-7-15-9-17-14/h6-7,9-10,16H,5,8H2,1-4H3. The fourth-order valence-corrected chi connectivity index (χ4v) is 2.15. The molecule has 0 radical (unpaired) electrons. The van der Waals surface area contributed by atoms with Gasteiger partial charge in [0.15, 0.2) is 5.82 Å². The lowest BCUT2D eigenvalue weighted by atomic mass is 10.1. The second-order valence-corrected chi connectivity index (χ2v) is 4.99. The minimum absolute atomic E-state index is 0.512. The molecule has 0 aliphatic carbocycles. The first-order valence-corrected chi connectivity index (χ1v) is 6.64. The van der Waals surface area contributed by atoms with Gasteiger partial charge in [0.05, 0.1) is 5.69 Å². The Labute approximate surface area is 114 Å². The fraction of sp³-hybridized carbons (Fsp3) is 0.500. The van der Waals surface area contributed by atoms with Crippen LogP contribution in [0.3, 0.4) is 0 Å². The van der Waals surface area contributed by atoms with Gasteiger partial charge in [-0.2, -0.15) is 5.10 Å². The van der Waals surface area contributed by atoms with Crippen LogP contribution in [0, 0.1) is 13.8 Å². The van der Waals surface area contributed by atoms with Crippen LogP contribution >= 0.6 is 0 Å². The maximum Gasteiger partial charge on any atom is 0.156 e. The van der Waals surface area contributed by atoms with E-state index >= 15 is 0 Å². The topological polar surface area (TPSA) is 55.6 Å². The van der Waals surface area contributed by atoms with Crippen LogP contribution in [0.25, 0.3) is 5.82 Å². The van der Waals surface area contributed by atoms with Gasteiger partial charge in [0.2, 0.25) is 0 Å². The van der Waals surface area contributed by atoms with Gasteiger partial charge in [0, 0.05) is 24.0 Å². The molecule has 2 rings (SSSR count). The van der Waals surface area contributed by atoms with E-state index in [1.807, 2.05) is 10.7 Å². The number of rotatable bonds is 5. The maximum absolute atomic E-state index is 4.58. The van der Waals surface area contributed by atoms with E-state index in [1.165, 1.54) is 5.56 Å². The second kappa shape index (κ2) is 5.93. The molecule has 2 aromatic rings. The van der Waals surface area contributed by atoms with E-state index in [0.29, 0.717) is 6.04 Å². The first kappa shape index (κ1) is 13.7. The smallest absolute Gasteiger partial charge is 0.156 e. The van der Waals surface area contributed by atoms with Gasteiger partial charge in [0.1, 0.15) is 6.33 Å². The number of aromatic nitrogens is 4. The van der Waals surface area contributed by atoms with Gasteiger partial charge in [-0.1, -0.05) is 13.8 Å². The zero-order valence-corrected chi connectivity index (χ0v) is 12.0. The summed E-state index contributed by atoms with van der Waals surface area (Å²) in [4.78, 5) is 8.18. The van der Waals surface area contributed by atoms with Crippen molar-refractivity contribution in [3.8, 4) is 5.82 Å². The van der Waals surface area contributed by atoms with Crippen molar-refractivity contribution in [2.45, 2.75) is 40.2 Å². The van der Waals surface area contributed by atoms with Gasteiger partial charge in [0.25, 0.3) is 0 Å². The number of hydrogen-bond acceptors (Lipinski definition) is 4. The molecule has 5 heteroatoms. The van der Waals surface area contributed by atoms with Crippen molar-refractivity contribution in [2.24, 2.45) is 0 Å². The van der Waals surface area contributed by atoms with Gasteiger partial charge < -0.3 is 5.32 Å². The summed E-state index contributed by atoms with van der Waals surface area (Å²) in [6.07, 6.45) is 4.27. The van der Waals surface area contributed by atoms with Gasteiger partial charge in [-0.15, -0.1) is 0 Å². The molecule has 0 spiro atoms. The van der Waals surface area contributed by atoms with Crippen molar-refractivity contribution >= 4 is 0 Å². The summed E-state index contributed by atoms with van der Waals surface area (Å²) < 4.78 is 1.89. The number of hydrogen-bond donors (Lipinski definition) is 1. The summed E-state index contributed by atoms with van der Waals surface area (Å²) in [5.41, 5.74) is 3.52. The lowest BCUT2D eigenvalue weighted by Gasteiger charge is -2.08. The summed E-state index contributed by atoms with van der Waals surface area (Å²) in [5.74, 6) is 0.818. The molecule has 0 amide bonds. The molecule has 0 saturated heterocycles. The highest BCUT2D eigenvalue weighted by atomic mass is 15.3. The maximum atomic E-state index is 4.58. The van der Waals surface area contributed by atoms with Crippen molar-refractivity contribution in [3.63, 3.8) is 0 Å². The van der Waals surface area contributed by atoms with Crippen molar-refractivity contribution in [1.29, 1.82) is 0 Å². The average Bonchev–Trinajstić information content (AvgIpc) is 2.67. The average molecular weight is 259 g/mol. The Balaban J connectivity index is 2.20. The van der Waals surface area contributed by atoms with Crippen LogP contribution in [-0.2, 0) is 6.42 Å². The molecule has 5 nitrogen and oxygen atoms in total. The molecular formula is C14H21N5. The normalized spacial score (nSPS) is 11.2. The van der Waals surface area contributed by atoms with Crippen molar-refractivity contribution < 1.29 is 0 Å². The van der Waals surface area contributed by atoms with Gasteiger partial charge >= 0.3 is 0 Å². The van der Waals surface area contributed by atoms with Crippen LogP contribution in [0.15, 0.2) is 18.6 Å². The molecule has 0 bridgehead atoms. The van der Waals surface area contributed by atoms with E-state index in [2.05, 4.69) is 48.1 Å². The minimum Gasteiger partial charge on any atom is -0.314 e. The van der Waals surface area contributed by atoms with E-state index in [1.54, 1.807) is 12.5 Å². The van der Waals surface area contributed by atoms with Crippen LogP contribution in [-0.4, -0.2) is 32.3 Å². The molecule has 0 atom stereocenters. The third kappa shape index (κ3) is 3.17. The first-order chi connectivity index (χ1) is 9.09. The predicted molar refractivity (Wildman–Crippen MR) is 75.5 cm³/mol. The highest BCUT2D eigenvalue weighted by Crippen LogP contribution is 2.16. The minimum atomic E-state index is 0.512. The molecule has 19 heavy (non-hydrogen) atoms. The zero-order valence-electron chi connectivity index (χ0n) is 12.0. The largest absolute Gasteiger partial charge is 0.314 e. The Bertz CT molecular complexity index is 530. The third-order valence-electron chi connectivity index (χ3n) is 3.15. The SMILES string of the molecule is Cc1nn(-c2ccncn2)c(C)c1CCNC(C)C. The van der Waals surface area contributed by atoms with Crippen LogP contribution in [0.5, 0.6) is 0 Å². The quantitative estimate of drug-likeness (QED) is 0.890. The van der Waals surface area contributed by atoms with Crippen LogP contribution in [0.4, 0.5) is 0 Å². The van der Waals surface area contributed by atoms with Crippen LogP contribution < -0.4 is 5.32 Å². The lowest BCUT2D eigenvalue weighted by molar-refractivity contribution is 0.589. The van der Waals surface area contributed by atoms with Gasteiger partial charge in [-0.3, -0.25) is 0 Å². The van der Waals surface area contributed by atoms with E-state index in [9.17, 15) is 0 Å². The summed E-state index contributed by atoms with van der Waals surface area (Å²) in [6, 6.07) is 2.38. The molecule has 0 aliphatic rings. The molecule has 0 saturated carbocycles. The molecule has 0 unspecified atom stereocenters. The van der Waals surface area contributed by atoms with Gasteiger partial charge in [-0.25, -0.2) is 14.6 Å². The summed E-state index contributed by atoms with van der Waals surface area (Å²) in [5, 5.41) is 8.01. The van der Waals surface area contributed by atoms with E-state index in [4.69, 9.17) is 0 Å². The highest BCUT2D eigenvalue weighted by Gasteiger charge is 2.13. The van der Waals surface area contributed by atoms with E-state index in [0.717, 1.165) is 30.2 Å². The molecule has 102 valence electrons. The lowest BCUT2D eigenvalue weighted by Crippen LogP contribution is -2.25. The number of nitrogens with one attached hydrogen (secondary N) is 1. The second-order valence-electron chi connectivity index (χ2n) is 4.99. The van der Waals surface area contributed by atoms with Crippen molar-refractivity contribution in [3.05, 3.63) is 35.5 Å². The molecule has 0 aliphatic heterocycles. The van der Waals surface area contributed by atoms with Crippen molar-refractivity contribution in [1.82, 2.24) is 25.1 Å².